The lowest BCUT2D eigenvalue weighted by atomic mass is 9.98. The highest BCUT2D eigenvalue weighted by molar-refractivity contribution is 6.01. The van der Waals surface area contributed by atoms with E-state index < -0.39 is 12.1 Å². The van der Waals surface area contributed by atoms with E-state index >= 15 is 0 Å². The van der Waals surface area contributed by atoms with Crippen molar-refractivity contribution >= 4 is 17.6 Å². The molecule has 1 aliphatic heterocycles. The first-order valence-electron chi connectivity index (χ1n) is 11.4. The van der Waals surface area contributed by atoms with E-state index in [-0.39, 0.29) is 36.6 Å². The third kappa shape index (κ3) is 5.69. The van der Waals surface area contributed by atoms with Crippen LogP contribution in [-0.2, 0) is 16.1 Å². The summed E-state index contributed by atoms with van der Waals surface area (Å²) in [6.45, 7) is 4.90. The van der Waals surface area contributed by atoms with Crippen LogP contribution in [-0.4, -0.2) is 52.6 Å². The van der Waals surface area contributed by atoms with Crippen molar-refractivity contribution in [3.8, 4) is 0 Å². The number of likely N-dealkylation sites (tertiary alicyclic amines) is 1. The number of amides is 2. The van der Waals surface area contributed by atoms with Crippen molar-refractivity contribution in [2.45, 2.75) is 51.7 Å². The van der Waals surface area contributed by atoms with Crippen molar-refractivity contribution in [1.29, 1.82) is 0 Å². The molecule has 2 aromatic rings. The maximum Gasteiger partial charge on any atom is 0.246 e. The zero-order chi connectivity index (χ0) is 23.1. The molecule has 32 heavy (non-hydrogen) atoms. The molecule has 1 fully saturated rings. The summed E-state index contributed by atoms with van der Waals surface area (Å²) in [4.78, 5) is 42.9. The van der Waals surface area contributed by atoms with Crippen LogP contribution in [0.4, 0.5) is 0 Å². The summed E-state index contributed by atoms with van der Waals surface area (Å²) in [5.74, 6) is -0.680. The van der Waals surface area contributed by atoms with E-state index in [1.807, 2.05) is 67.3 Å². The zero-order valence-corrected chi connectivity index (χ0v) is 18.9. The van der Waals surface area contributed by atoms with Gasteiger partial charge in [0.1, 0.15) is 0 Å². The van der Waals surface area contributed by atoms with Crippen LogP contribution in [0, 0.1) is 5.92 Å². The van der Waals surface area contributed by atoms with Crippen molar-refractivity contribution in [1.82, 2.24) is 9.80 Å². The number of imide groups is 1. The Labute approximate surface area is 190 Å². The second kappa shape index (κ2) is 11.2. The van der Waals surface area contributed by atoms with Gasteiger partial charge in [0.15, 0.2) is 5.78 Å². The minimum Gasteiger partial charge on any atom is -0.320 e. The van der Waals surface area contributed by atoms with E-state index in [4.69, 9.17) is 5.73 Å². The summed E-state index contributed by atoms with van der Waals surface area (Å²) in [7, 11) is 0. The highest BCUT2D eigenvalue weighted by atomic mass is 16.2. The normalized spacial score (nSPS) is 18.2. The average Bonchev–Trinajstić information content (AvgIpc) is 3.29. The van der Waals surface area contributed by atoms with Crippen LogP contribution in [0.2, 0.25) is 0 Å². The number of nitrogens with zero attached hydrogens (tertiary/aromatic N) is 2. The monoisotopic (exact) mass is 435 g/mol. The van der Waals surface area contributed by atoms with Gasteiger partial charge in [-0.3, -0.25) is 24.2 Å². The van der Waals surface area contributed by atoms with Gasteiger partial charge in [-0.05, 0) is 30.9 Å². The molecule has 0 aliphatic carbocycles. The summed E-state index contributed by atoms with van der Waals surface area (Å²) in [6, 6.07) is 17.3. The first kappa shape index (κ1) is 23.8. The number of carbonyl (C=O) groups is 3. The van der Waals surface area contributed by atoms with Crippen molar-refractivity contribution in [3.05, 3.63) is 71.8 Å². The summed E-state index contributed by atoms with van der Waals surface area (Å²) in [6.07, 6.45) is 2.18. The Morgan fingerprint density at radius 1 is 1.06 bits per heavy atom. The van der Waals surface area contributed by atoms with Crippen LogP contribution in [0.1, 0.15) is 49.0 Å². The fourth-order valence-electron chi connectivity index (χ4n) is 4.08. The minimum absolute atomic E-state index is 0.0254. The number of carbonyl (C=O) groups excluding carboxylic acids is 3. The Morgan fingerprint density at radius 2 is 1.69 bits per heavy atom. The second-order valence-electron chi connectivity index (χ2n) is 8.58. The Bertz CT molecular complexity index is 916. The largest absolute Gasteiger partial charge is 0.320 e. The Morgan fingerprint density at radius 3 is 2.31 bits per heavy atom. The van der Waals surface area contributed by atoms with Gasteiger partial charge in [-0.25, -0.2) is 0 Å². The Kier molecular flexibility index (Phi) is 8.31. The molecule has 2 amide bonds. The molecule has 0 spiro atoms. The molecule has 0 saturated carbocycles. The molecule has 0 radical (unpaired) electrons. The highest BCUT2D eigenvalue weighted by Gasteiger charge is 2.38. The van der Waals surface area contributed by atoms with Gasteiger partial charge < -0.3 is 5.73 Å². The first-order valence-corrected chi connectivity index (χ1v) is 11.4. The molecule has 3 rings (SSSR count). The lowest BCUT2D eigenvalue weighted by Crippen LogP contribution is -2.54. The van der Waals surface area contributed by atoms with Gasteiger partial charge in [0.05, 0.1) is 25.2 Å². The second-order valence-corrected chi connectivity index (χ2v) is 8.58. The summed E-state index contributed by atoms with van der Waals surface area (Å²) in [5, 5.41) is 0. The van der Waals surface area contributed by atoms with Crippen LogP contribution in [0.15, 0.2) is 60.7 Å². The van der Waals surface area contributed by atoms with Crippen LogP contribution >= 0.6 is 0 Å². The molecule has 1 aliphatic rings. The average molecular weight is 436 g/mol. The Hall–Kier alpha value is -2.83. The number of benzene rings is 2. The van der Waals surface area contributed by atoms with Crippen molar-refractivity contribution in [2.24, 2.45) is 11.7 Å². The number of Topliss-reactive ketones (excluding diaryl/α,β-unsaturated/α-hetero) is 1. The van der Waals surface area contributed by atoms with E-state index in [2.05, 4.69) is 0 Å². The molecule has 0 unspecified atom stereocenters. The van der Waals surface area contributed by atoms with Gasteiger partial charge in [0.2, 0.25) is 11.8 Å². The molecular weight excluding hydrogens is 402 g/mol. The zero-order valence-electron chi connectivity index (χ0n) is 18.9. The summed E-state index contributed by atoms with van der Waals surface area (Å²) in [5.41, 5.74) is 7.74. The molecule has 0 bridgehead atoms. The molecule has 6 heteroatoms. The molecule has 1 heterocycles. The molecule has 0 aromatic heterocycles. The van der Waals surface area contributed by atoms with Crippen molar-refractivity contribution in [3.63, 3.8) is 0 Å². The van der Waals surface area contributed by atoms with Crippen LogP contribution < -0.4 is 5.73 Å². The molecular formula is C26H33N3O3. The third-order valence-electron chi connectivity index (χ3n) is 6.35. The molecule has 2 aromatic carbocycles. The predicted octanol–water partition coefficient (Wildman–Crippen LogP) is 3.26. The van der Waals surface area contributed by atoms with Gasteiger partial charge in [-0.1, -0.05) is 80.9 Å². The number of rotatable bonds is 9. The standard InChI is InChI=1S/C26H33N3O3/c1-3-19(2)24(27)26(32)29(17-20-11-6-4-7-12-20)25(31)22-15-10-16-28(22)18-23(30)21-13-8-5-9-14-21/h4-9,11-14,19,22,24H,3,10,15-18,27H2,1-2H3/t19-,22-,24-/m0/s1. The van der Waals surface area contributed by atoms with E-state index in [0.29, 0.717) is 18.5 Å². The number of nitrogens with two attached hydrogens (primary N) is 1. The lowest BCUT2D eigenvalue weighted by Gasteiger charge is -2.31. The minimum atomic E-state index is -0.742. The van der Waals surface area contributed by atoms with E-state index in [1.165, 1.54) is 4.90 Å². The highest BCUT2D eigenvalue weighted by Crippen LogP contribution is 2.22. The van der Waals surface area contributed by atoms with Crippen LogP contribution in [0.3, 0.4) is 0 Å². The van der Waals surface area contributed by atoms with Crippen LogP contribution in [0.5, 0.6) is 0 Å². The van der Waals surface area contributed by atoms with E-state index in [1.54, 1.807) is 12.1 Å². The van der Waals surface area contributed by atoms with Gasteiger partial charge in [-0.2, -0.15) is 0 Å². The van der Waals surface area contributed by atoms with Crippen molar-refractivity contribution < 1.29 is 14.4 Å². The summed E-state index contributed by atoms with van der Waals surface area (Å²) < 4.78 is 0. The molecule has 170 valence electrons. The Balaban J connectivity index is 1.80. The summed E-state index contributed by atoms with van der Waals surface area (Å²) >= 11 is 0. The SMILES string of the molecule is CC[C@H](C)[C@H](N)C(=O)N(Cc1ccccc1)C(=O)[C@@H]1CCCN1CC(=O)c1ccccc1. The van der Waals surface area contributed by atoms with Crippen molar-refractivity contribution in [2.75, 3.05) is 13.1 Å². The number of hydrogen-bond acceptors (Lipinski definition) is 5. The molecule has 6 nitrogen and oxygen atoms in total. The number of hydrogen-bond donors (Lipinski definition) is 1. The maximum absolute atomic E-state index is 13.6. The quantitative estimate of drug-likeness (QED) is 0.611. The fraction of sp³-hybridized carbons (Fsp3) is 0.423. The number of ketones is 1. The van der Waals surface area contributed by atoms with Gasteiger partial charge >= 0.3 is 0 Å². The molecule has 1 saturated heterocycles. The predicted molar refractivity (Wildman–Crippen MR) is 125 cm³/mol. The third-order valence-corrected chi connectivity index (χ3v) is 6.35. The fourth-order valence-corrected chi connectivity index (χ4v) is 4.08. The van der Waals surface area contributed by atoms with Gasteiger partial charge in [0.25, 0.3) is 0 Å². The first-order chi connectivity index (χ1) is 15.4. The molecule has 3 atom stereocenters. The van der Waals surface area contributed by atoms with Gasteiger partial charge in [-0.15, -0.1) is 0 Å². The maximum atomic E-state index is 13.6. The van der Waals surface area contributed by atoms with E-state index in [9.17, 15) is 14.4 Å². The van der Waals surface area contributed by atoms with Crippen LogP contribution in [0.25, 0.3) is 0 Å². The lowest BCUT2D eigenvalue weighted by molar-refractivity contribution is -0.149. The smallest absolute Gasteiger partial charge is 0.246 e. The molecule has 2 N–H and O–H groups in total. The van der Waals surface area contributed by atoms with Gasteiger partial charge in [0, 0.05) is 5.56 Å². The van der Waals surface area contributed by atoms with E-state index in [0.717, 1.165) is 18.4 Å². The topological polar surface area (TPSA) is 83.7 Å².